The molecule has 0 saturated heterocycles. The summed E-state index contributed by atoms with van der Waals surface area (Å²) in [5.41, 5.74) is 5.22. The van der Waals surface area contributed by atoms with Gasteiger partial charge in [-0.25, -0.2) is 0 Å². The van der Waals surface area contributed by atoms with Gasteiger partial charge in [-0.05, 0) is 0 Å². The molecule has 0 unspecified atom stereocenters. The van der Waals surface area contributed by atoms with Gasteiger partial charge in [0.25, 0.3) is 0 Å². The van der Waals surface area contributed by atoms with Crippen molar-refractivity contribution in [2.75, 3.05) is 33.4 Å². The zero-order valence-corrected chi connectivity index (χ0v) is 11.2. The van der Waals surface area contributed by atoms with Crippen LogP contribution in [0.1, 0.15) is 20.8 Å². The van der Waals surface area contributed by atoms with Gasteiger partial charge in [0.15, 0.2) is 5.96 Å². The van der Waals surface area contributed by atoms with Crippen molar-refractivity contribution in [1.29, 1.82) is 0 Å². The summed E-state index contributed by atoms with van der Waals surface area (Å²) in [5, 5.41) is 5.71. The van der Waals surface area contributed by atoms with Crippen LogP contribution >= 0.6 is 0 Å². The van der Waals surface area contributed by atoms with E-state index >= 15 is 0 Å². The summed E-state index contributed by atoms with van der Waals surface area (Å²) in [4.78, 5) is 15.5. The van der Waals surface area contributed by atoms with Crippen LogP contribution in [0, 0.1) is 5.41 Å². The van der Waals surface area contributed by atoms with E-state index in [4.69, 9.17) is 10.5 Å². The van der Waals surface area contributed by atoms with Crippen molar-refractivity contribution in [3.63, 3.8) is 0 Å². The molecule has 0 saturated carbocycles. The first-order chi connectivity index (χ1) is 7.88. The molecule has 0 spiro atoms. The summed E-state index contributed by atoms with van der Waals surface area (Å²) in [7, 11) is 1.61. The van der Waals surface area contributed by atoms with Gasteiger partial charge in [-0.3, -0.25) is 9.79 Å². The normalized spacial score (nSPS) is 12.4. The van der Waals surface area contributed by atoms with Crippen LogP contribution in [0.2, 0.25) is 0 Å². The van der Waals surface area contributed by atoms with Crippen molar-refractivity contribution in [2.45, 2.75) is 20.8 Å². The van der Waals surface area contributed by atoms with E-state index < -0.39 is 0 Å². The number of nitrogens with two attached hydrogens (primary N) is 1. The standard InChI is InChI=1S/C11H24N4O2/c1-11(2,3)9(16)13-5-6-14-10(12)15-7-8-17-4/h5-8H2,1-4H3,(H,13,16)(H3,12,14,15). The van der Waals surface area contributed by atoms with Crippen molar-refractivity contribution >= 4 is 11.9 Å². The van der Waals surface area contributed by atoms with Gasteiger partial charge in [0.1, 0.15) is 0 Å². The molecule has 0 rings (SSSR count). The molecule has 0 aliphatic carbocycles. The minimum Gasteiger partial charge on any atom is -0.383 e. The number of carbonyl (C=O) groups is 1. The highest BCUT2D eigenvalue weighted by atomic mass is 16.5. The monoisotopic (exact) mass is 244 g/mol. The van der Waals surface area contributed by atoms with Gasteiger partial charge >= 0.3 is 0 Å². The highest BCUT2D eigenvalue weighted by Crippen LogP contribution is 2.11. The fourth-order valence-corrected chi connectivity index (χ4v) is 0.945. The number of carbonyl (C=O) groups excluding carboxylic acids is 1. The lowest BCUT2D eigenvalue weighted by molar-refractivity contribution is -0.128. The second-order valence-electron chi connectivity index (χ2n) is 4.69. The van der Waals surface area contributed by atoms with Crippen LogP contribution in [0.3, 0.4) is 0 Å². The van der Waals surface area contributed by atoms with E-state index in [1.165, 1.54) is 0 Å². The second kappa shape index (κ2) is 7.89. The molecule has 100 valence electrons. The average molecular weight is 244 g/mol. The molecular weight excluding hydrogens is 220 g/mol. The van der Waals surface area contributed by atoms with E-state index in [-0.39, 0.29) is 11.3 Å². The Morgan fingerprint density at radius 3 is 2.41 bits per heavy atom. The van der Waals surface area contributed by atoms with Gasteiger partial charge in [0, 0.05) is 25.6 Å². The predicted octanol–water partition coefficient (Wildman–Crippen LogP) is -0.301. The van der Waals surface area contributed by atoms with Gasteiger partial charge in [-0.2, -0.15) is 0 Å². The highest BCUT2D eigenvalue weighted by Gasteiger charge is 2.19. The third-order valence-corrected chi connectivity index (χ3v) is 1.98. The Morgan fingerprint density at radius 2 is 1.88 bits per heavy atom. The summed E-state index contributed by atoms with van der Waals surface area (Å²) in [6.45, 7) is 7.77. The van der Waals surface area contributed by atoms with Crippen LogP contribution in [-0.2, 0) is 9.53 Å². The quantitative estimate of drug-likeness (QED) is 0.340. The Balaban J connectivity index is 3.64. The zero-order valence-electron chi connectivity index (χ0n) is 11.2. The smallest absolute Gasteiger partial charge is 0.225 e. The van der Waals surface area contributed by atoms with Crippen molar-refractivity contribution in [3.05, 3.63) is 0 Å². The number of amides is 1. The van der Waals surface area contributed by atoms with E-state index in [0.29, 0.717) is 32.2 Å². The second-order valence-corrected chi connectivity index (χ2v) is 4.69. The number of hydrogen-bond donors (Lipinski definition) is 3. The fourth-order valence-electron chi connectivity index (χ4n) is 0.945. The van der Waals surface area contributed by atoms with E-state index in [1.54, 1.807) is 7.11 Å². The number of ether oxygens (including phenoxy) is 1. The predicted molar refractivity (Wildman–Crippen MR) is 68.8 cm³/mol. The van der Waals surface area contributed by atoms with Crippen LogP contribution in [-0.4, -0.2) is 45.2 Å². The Morgan fingerprint density at radius 1 is 1.29 bits per heavy atom. The topological polar surface area (TPSA) is 88.7 Å². The number of nitrogens with one attached hydrogen (secondary N) is 2. The fraction of sp³-hybridized carbons (Fsp3) is 0.818. The largest absolute Gasteiger partial charge is 0.383 e. The van der Waals surface area contributed by atoms with E-state index in [2.05, 4.69) is 15.6 Å². The first-order valence-corrected chi connectivity index (χ1v) is 5.69. The zero-order chi connectivity index (χ0) is 13.3. The molecule has 6 heteroatoms. The average Bonchev–Trinajstić information content (AvgIpc) is 2.23. The Labute approximate surface area is 103 Å². The molecule has 0 radical (unpaired) electrons. The maximum absolute atomic E-state index is 11.5. The minimum absolute atomic E-state index is 0.0224. The van der Waals surface area contributed by atoms with Crippen LogP contribution < -0.4 is 16.4 Å². The minimum atomic E-state index is -0.363. The van der Waals surface area contributed by atoms with Gasteiger partial charge in [-0.1, -0.05) is 20.8 Å². The van der Waals surface area contributed by atoms with Crippen LogP contribution in [0.15, 0.2) is 4.99 Å². The lowest BCUT2D eigenvalue weighted by atomic mass is 9.96. The van der Waals surface area contributed by atoms with E-state index in [9.17, 15) is 4.79 Å². The third kappa shape index (κ3) is 8.50. The summed E-state index contributed by atoms with van der Waals surface area (Å²) in [6, 6.07) is 0. The number of nitrogens with zero attached hydrogens (tertiary/aromatic N) is 1. The maximum Gasteiger partial charge on any atom is 0.225 e. The number of guanidine groups is 1. The van der Waals surface area contributed by atoms with Gasteiger partial charge < -0.3 is 21.1 Å². The van der Waals surface area contributed by atoms with Gasteiger partial charge in [0.05, 0.1) is 13.2 Å². The number of aliphatic imine (C=N–C) groups is 1. The molecule has 0 aromatic carbocycles. The lowest BCUT2D eigenvalue weighted by Gasteiger charge is -2.17. The number of rotatable bonds is 6. The molecule has 0 fully saturated rings. The van der Waals surface area contributed by atoms with Crippen molar-refractivity contribution in [3.8, 4) is 0 Å². The van der Waals surface area contributed by atoms with E-state index in [0.717, 1.165) is 0 Å². The summed E-state index contributed by atoms with van der Waals surface area (Å²) in [6.07, 6.45) is 0. The van der Waals surface area contributed by atoms with Gasteiger partial charge in [0.2, 0.25) is 5.91 Å². The molecule has 0 aliphatic heterocycles. The first kappa shape index (κ1) is 15.7. The highest BCUT2D eigenvalue weighted by molar-refractivity contribution is 5.81. The van der Waals surface area contributed by atoms with Crippen molar-refractivity contribution in [2.24, 2.45) is 16.1 Å². The molecule has 17 heavy (non-hydrogen) atoms. The molecule has 1 amide bonds. The molecule has 0 heterocycles. The van der Waals surface area contributed by atoms with Gasteiger partial charge in [-0.15, -0.1) is 0 Å². The molecular formula is C11H24N4O2. The van der Waals surface area contributed by atoms with E-state index in [1.807, 2.05) is 20.8 Å². The summed E-state index contributed by atoms with van der Waals surface area (Å²) in [5.74, 6) is 0.390. The Bertz CT molecular complexity index is 259. The summed E-state index contributed by atoms with van der Waals surface area (Å²) < 4.78 is 4.84. The number of methoxy groups -OCH3 is 1. The van der Waals surface area contributed by atoms with Crippen LogP contribution in [0.25, 0.3) is 0 Å². The molecule has 0 aromatic rings. The maximum atomic E-state index is 11.5. The molecule has 0 aliphatic rings. The molecule has 0 bridgehead atoms. The molecule has 4 N–H and O–H groups in total. The Hall–Kier alpha value is -1.30. The van der Waals surface area contributed by atoms with Crippen LogP contribution in [0.5, 0.6) is 0 Å². The first-order valence-electron chi connectivity index (χ1n) is 5.69. The Kier molecular flexibility index (Phi) is 7.29. The molecule has 0 atom stereocenters. The summed E-state index contributed by atoms with van der Waals surface area (Å²) >= 11 is 0. The molecule has 0 aromatic heterocycles. The lowest BCUT2D eigenvalue weighted by Crippen LogP contribution is -2.41. The molecule has 6 nitrogen and oxygen atoms in total. The van der Waals surface area contributed by atoms with Crippen molar-refractivity contribution < 1.29 is 9.53 Å². The van der Waals surface area contributed by atoms with Crippen molar-refractivity contribution in [1.82, 2.24) is 10.6 Å². The van der Waals surface area contributed by atoms with Crippen LogP contribution in [0.4, 0.5) is 0 Å². The SMILES string of the molecule is COCCN=C(N)NCCNC(=O)C(C)(C)C. The third-order valence-electron chi connectivity index (χ3n) is 1.98. The number of hydrogen-bond acceptors (Lipinski definition) is 3.